The van der Waals surface area contributed by atoms with Crippen LogP contribution in [0.5, 0.6) is 5.75 Å². The number of carbonyl (C=O) groups is 1. The lowest BCUT2D eigenvalue weighted by atomic mass is 10.1. The Morgan fingerprint density at radius 2 is 1.74 bits per heavy atom. The van der Waals surface area contributed by atoms with Crippen molar-refractivity contribution in [2.45, 2.75) is 13.5 Å². The molecule has 0 radical (unpaired) electrons. The van der Waals surface area contributed by atoms with E-state index in [1.807, 2.05) is 73.7 Å². The van der Waals surface area contributed by atoms with E-state index in [1.54, 1.807) is 12.3 Å². The van der Waals surface area contributed by atoms with Crippen LogP contribution in [0.2, 0.25) is 0 Å². The maximum absolute atomic E-state index is 12.2. The summed E-state index contributed by atoms with van der Waals surface area (Å²) in [5, 5.41) is 4.08. The lowest BCUT2D eigenvalue weighted by Gasteiger charge is -2.09. The Hall–Kier alpha value is -2.92. The minimum atomic E-state index is -0.238. The van der Waals surface area contributed by atoms with Crippen LogP contribution < -0.4 is 10.2 Å². The highest BCUT2D eigenvalue weighted by atomic mass is 79.9. The third-order valence-electron chi connectivity index (χ3n) is 3.99. The molecule has 0 saturated carbocycles. The zero-order chi connectivity index (χ0) is 19.1. The molecule has 27 heavy (non-hydrogen) atoms. The number of hydrazone groups is 1. The zero-order valence-electron chi connectivity index (χ0n) is 14.9. The summed E-state index contributed by atoms with van der Waals surface area (Å²) in [6, 6.07) is 22.9. The van der Waals surface area contributed by atoms with E-state index < -0.39 is 0 Å². The fraction of sp³-hybridized carbons (Fsp3) is 0.0909. The van der Waals surface area contributed by atoms with E-state index >= 15 is 0 Å². The lowest BCUT2D eigenvalue weighted by molar-refractivity contribution is 0.0954. The topological polar surface area (TPSA) is 50.7 Å². The summed E-state index contributed by atoms with van der Waals surface area (Å²) in [4.78, 5) is 12.2. The summed E-state index contributed by atoms with van der Waals surface area (Å²) in [6.07, 6.45) is 1.59. The van der Waals surface area contributed by atoms with Crippen molar-refractivity contribution in [3.05, 3.63) is 99.5 Å². The fourth-order valence-corrected chi connectivity index (χ4v) is 2.77. The Morgan fingerprint density at radius 1 is 1.04 bits per heavy atom. The standard InChI is InChI=1S/C22H19BrN2O2/c1-16-6-2-4-8-20(16)22(26)25-24-14-18-7-3-5-9-21(18)27-15-17-10-12-19(23)13-11-17/h2-14H,15H2,1H3,(H,25,26)/b24-14-. The Balaban J connectivity index is 1.65. The van der Waals surface area contributed by atoms with Crippen LogP contribution in [0.4, 0.5) is 0 Å². The van der Waals surface area contributed by atoms with E-state index in [-0.39, 0.29) is 5.91 Å². The quantitative estimate of drug-likeness (QED) is 0.443. The highest BCUT2D eigenvalue weighted by molar-refractivity contribution is 9.10. The minimum absolute atomic E-state index is 0.238. The molecule has 0 aliphatic heterocycles. The van der Waals surface area contributed by atoms with Gasteiger partial charge in [-0.25, -0.2) is 5.43 Å². The molecular formula is C22H19BrN2O2. The summed E-state index contributed by atoms with van der Waals surface area (Å²) in [7, 11) is 0. The van der Waals surface area contributed by atoms with Crippen LogP contribution in [0.3, 0.4) is 0 Å². The second-order valence-corrected chi connectivity index (χ2v) is 6.88. The summed E-state index contributed by atoms with van der Waals surface area (Å²) in [5.74, 6) is 0.465. The van der Waals surface area contributed by atoms with Crippen LogP contribution >= 0.6 is 15.9 Å². The van der Waals surface area contributed by atoms with Crippen molar-refractivity contribution in [2.24, 2.45) is 5.10 Å². The van der Waals surface area contributed by atoms with E-state index in [0.29, 0.717) is 17.9 Å². The van der Waals surface area contributed by atoms with Gasteiger partial charge in [-0.05, 0) is 48.4 Å². The number of hydrogen-bond acceptors (Lipinski definition) is 3. The van der Waals surface area contributed by atoms with Crippen LogP contribution in [0.15, 0.2) is 82.4 Å². The van der Waals surface area contributed by atoms with E-state index in [9.17, 15) is 4.79 Å². The van der Waals surface area contributed by atoms with Gasteiger partial charge >= 0.3 is 0 Å². The molecule has 0 bridgehead atoms. The number of halogens is 1. The van der Waals surface area contributed by atoms with Gasteiger partial charge in [-0.1, -0.05) is 58.4 Å². The molecule has 0 heterocycles. The molecule has 1 N–H and O–H groups in total. The molecule has 0 atom stereocenters. The van der Waals surface area contributed by atoms with Crippen molar-refractivity contribution < 1.29 is 9.53 Å². The smallest absolute Gasteiger partial charge is 0.271 e. The molecule has 0 saturated heterocycles. The average Bonchev–Trinajstić information content (AvgIpc) is 2.68. The van der Waals surface area contributed by atoms with Crippen molar-refractivity contribution in [1.29, 1.82) is 0 Å². The number of benzene rings is 3. The molecule has 0 fully saturated rings. The number of para-hydroxylation sites is 1. The van der Waals surface area contributed by atoms with Gasteiger partial charge in [0.05, 0.1) is 6.21 Å². The Bertz CT molecular complexity index is 953. The van der Waals surface area contributed by atoms with Gasteiger partial charge in [0.15, 0.2) is 0 Å². The Kier molecular flexibility index (Phi) is 6.39. The second-order valence-electron chi connectivity index (χ2n) is 5.97. The van der Waals surface area contributed by atoms with Crippen LogP contribution in [0.1, 0.15) is 27.0 Å². The van der Waals surface area contributed by atoms with E-state index in [2.05, 4.69) is 26.5 Å². The summed E-state index contributed by atoms with van der Waals surface area (Å²) >= 11 is 3.42. The van der Waals surface area contributed by atoms with Gasteiger partial charge in [0.1, 0.15) is 12.4 Å². The number of hydrogen-bond donors (Lipinski definition) is 1. The maximum Gasteiger partial charge on any atom is 0.271 e. The number of aryl methyl sites for hydroxylation is 1. The SMILES string of the molecule is Cc1ccccc1C(=O)N/N=C\c1ccccc1OCc1ccc(Br)cc1. The van der Waals surface area contributed by atoms with Gasteiger partial charge in [0.25, 0.3) is 5.91 Å². The largest absolute Gasteiger partial charge is 0.488 e. The monoisotopic (exact) mass is 422 g/mol. The van der Waals surface area contributed by atoms with Crippen molar-refractivity contribution in [3.8, 4) is 5.75 Å². The molecular weight excluding hydrogens is 404 g/mol. The van der Waals surface area contributed by atoms with Gasteiger partial charge in [0, 0.05) is 15.6 Å². The first-order chi connectivity index (χ1) is 13.1. The number of rotatable bonds is 6. The highest BCUT2D eigenvalue weighted by Crippen LogP contribution is 2.18. The third-order valence-corrected chi connectivity index (χ3v) is 4.51. The van der Waals surface area contributed by atoms with Crippen molar-refractivity contribution in [2.75, 3.05) is 0 Å². The normalized spacial score (nSPS) is 10.7. The van der Waals surface area contributed by atoms with Crippen LogP contribution in [-0.2, 0) is 6.61 Å². The summed E-state index contributed by atoms with van der Waals surface area (Å²) in [5.41, 5.74) is 5.94. The van der Waals surface area contributed by atoms with E-state index in [4.69, 9.17) is 4.74 Å². The molecule has 3 rings (SSSR count). The molecule has 3 aromatic carbocycles. The lowest BCUT2D eigenvalue weighted by Crippen LogP contribution is -2.18. The van der Waals surface area contributed by atoms with E-state index in [1.165, 1.54) is 0 Å². The van der Waals surface area contributed by atoms with Crippen molar-refractivity contribution in [1.82, 2.24) is 5.43 Å². The first kappa shape index (κ1) is 18.9. The molecule has 5 heteroatoms. The van der Waals surface area contributed by atoms with Crippen molar-refractivity contribution in [3.63, 3.8) is 0 Å². The molecule has 0 aliphatic carbocycles. The first-order valence-corrected chi connectivity index (χ1v) is 9.28. The number of nitrogens with one attached hydrogen (secondary N) is 1. The number of nitrogens with zero attached hydrogens (tertiary/aromatic N) is 1. The van der Waals surface area contributed by atoms with Gasteiger partial charge in [0.2, 0.25) is 0 Å². The predicted molar refractivity (Wildman–Crippen MR) is 111 cm³/mol. The molecule has 3 aromatic rings. The molecule has 1 amide bonds. The molecule has 0 aromatic heterocycles. The molecule has 0 aliphatic rings. The minimum Gasteiger partial charge on any atom is -0.488 e. The van der Waals surface area contributed by atoms with Crippen LogP contribution in [0, 0.1) is 6.92 Å². The molecule has 4 nitrogen and oxygen atoms in total. The van der Waals surface area contributed by atoms with Gasteiger partial charge in [-0.2, -0.15) is 5.10 Å². The summed E-state index contributed by atoms with van der Waals surface area (Å²) in [6.45, 7) is 2.34. The first-order valence-electron chi connectivity index (χ1n) is 8.49. The average molecular weight is 423 g/mol. The highest BCUT2D eigenvalue weighted by Gasteiger charge is 2.07. The Morgan fingerprint density at radius 3 is 2.52 bits per heavy atom. The Labute approximate surface area is 167 Å². The number of ether oxygens (including phenoxy) is 1. The van der Waals surface area contributed by atoms with Gasteiger partial charge < -0.3 is 4.74 Å². The third kappa shape index (κ3) is 5.28. The van der Waals surface area contributed by atoms with Crippen LogP contribution in [0.25, 0.3) is 0 Å². The van der Waals surface area contributed by atoms with E-state index in [0.717, 1.165) is 21.2 Å². The van der Waals surface area contributed by atoms with Crippen molar-refractivity contribution >= 4 is 28.1 Å². The maximum atomic E-state index is 12.2. The predicted octanol–water partition coefficient (Wildman–Crippen LogP) is 5.10. The second kappa shape index (κ2) is 9.14. The molecule has 0 spiro atoms. The molecule has 0 unspecified atom stereocenters. The van der Waals surface area contributed by atoms with Crippen LogP contribution in [-0.4, -0.2) is 12.1 Å². The van der Waals surface area contributed by atoms with Gasteiger partial charge in [-0.15, -0.1) is 0 Å². The fourth-order valence-electron chi connectivity index (χ4n) is 2.51. The van der Waals surface area contributed by atoms with Gasteiger partial charge in [-0.3, -0.25) is 4.79 Å². The zero-order valence-corrected chi connectivity index (χ0v) is 16.4. The summed E-state index contributed by atoms with van der Waals surface area (Å²) < 4.78 is 6.94. The number of carbonyl (C=O) groups excluding carboxylic acids is 1. The molecule has 136 valence electrons. The number of amides is 1.